The van der Waals surface area contributed by atoms with Crippen LogP contribution >= 0.6 is 34.0 Å². The van der Waals surface area contributed by atoms with E-state index in [0.717, 1.165) is 65.5 Å². The van der Waals surface area contributed by atoms with E-state index in [0.29, 0.717) is 67.8 Å². The number of carbonyl (C=O) groups excluding carboxylic acids is 6. The molecule has 8 unspecified atom stereocenters. The number of esters is 2. The summed E-state index contributed by atoms with van der Waals surface area (Å²) in [7, 11) is 0. The van der Waals surface area contributed by atoms with Crippen molar-refractivity contribution in [1.82, 2.24) is 0 Å². The Morgan fingerprint density at radius 3 is 1.48 bits per heavy atom. The molecule has 12 rings (SSSR count). The molecule has 0 N–H and O–H groups in total. The predicted molar refractivity (Wildman–Crippen MR) is 255 cm³/mol. The second-order valence-corrected chi connectivity index (χ2v) is 22.8. The third kappa shape index (κ3) is 6.72. The highest BCUT2D eigenvalue weighted by Gasteiger charge is 2.61. The maximum absolute atomic E-state index is 15.2. The Balaban J connectivity index is 0.960. The molecule has 336 valence electrons. The molecule has 6 saturated carbocycles. The topological polar surface area (TPSA) is 146 Å². The molecule has 13 heteroatoms. The first kappa shape index (κ1) is 42.1. The Bertz CT molecular complexity index is 2850. The van der Waals surface area contributed by atoms with E-state index in [2.05, 4.69) is 0 Å². The highest BCUT2D eigenvalue weighted by molar-refractivity contribution is 7.40. The summed E-state index contributed by atoms with van der Waals surface area (Å²) in [6.07, 6.45) is 13.5. The highest BCUT2D eigenvalue weighted by Crippen LogP contribution is 2.58. The van der Waals surface area contributed by atoms with E-state index in [-0.39, 0.29) is 65.3 Å². The first-order valence-corrected chi connectivity index (χ1v) is 26.1. The van der Waals surface area contributed by atoms with Crippen molar-refractivity contribution in [2.45, 2.75) is 95.7 Å². The summed E-state index contributed by atoms with van der Waals surface area (Å²) in [6, 6.07) is 20.2. The fraction of sp³-hybridized carbons (Fsp3) is 0.434. The van der Waals surface area contributed by atoms with Crippen LogP contribution in [0.4, 0.5) is 5.00 Å². The zero-order valence-electron chi connectivity index (χ0n) is 36.3. The molecule has 0 aliphatic heterocycles. The number of ether oxygens (including phenoxy) is 2. The number of rotatable bonds is 8. The second-order valence-electron chi connectivity index (χ2n) is 19.6. The molecular formula is C53H48N2O8S3. The standard InChI is InChI=1S/C53H48N2O8S3/c56-44-33-19-29-15-7-8-16-30(29)20-34(33)45(57)42(44)54-39-23-37-41(53(39,51(60)62-25-27-11-3-1-4-12-27)52(61)63-26-28-13-5-2-6-14-28)49-50(64-37)48-38(65-49)24-40(66-48)55-43-46(58)35-21-31-17-9-10-18-32(31)22-36(35)47(43)59/h1-6,11-14,23-24,29-36H,7-10,15-22,25-26H2. The van der Waals surface area contributed by atoms with Crippen molar-refractivity contribution in [3.63, 3.8) is 0 Å². The largest absolute Gasteiger partial charge is 0.459 e. The van der Waals surface area contributed by atoms with Crippen LogP contribution in [0.1, 0.15) is 98.6 Å². The van der Waals surface area contributed by atoms with Gasteiger partial charge in [0, 0.05) is 38.8 Å². The van der Waals surface area contributed by atoms with Crippen molar-refractivity contribution in [3.8, 4) is 0 Å². The van der Waals surface area contributed by atoms with Gasteiger partial charge >= 0.3 is 11.9 Å². The third-order valence-electron chi connectivity index (χ3n) is 16.1. The maximum atomic E-state index is 15.2. The number of aliphatic imine (C=N–C) groups is 2. The average molecular weight is 937 g/mol. The van der Waals surface area contributed by atoms with Crippen LogP contribution in [-0.4, -0.2) is 46.5 Å². The SMILES string of the molecule is O=C1C(=NC2=Cc3sc4c(sc5cc(N=C6C(=O)C7CC8CCCCC8CC7C6=O)sc54)c3C2(C(=O)OCc2ccccc2)C(=O)OCc2ccccc2)C(=O)C2CC3CCCCC3CC12. The molecule has 0 bridgehead atoms. The minimum absolute atomic E-state index is 0.0575. The van der Waals surface area contributed by atoms with Gasteiger partial charge < -0.3 is 9.47 Å². The summed E-state index contributed by atoms with van der Waals surface area (Å²) in [5.41, 5.74) is -0.714. The molecule has 2 aromatic carbocycles. The van der Waals surface area contributed by atoms with Crippen molar-refractivity contribution in [1.29, 1.82) is 0 Å². The number of Topliss-reactive ketones (excluding diaryl/α,β-unsaturated/α-hetero) is 4. The summed E-state index contributed by atoms with van der Waals surface area (Å²) in [5, 5.41) is 0.553. The van der Waals surface area contributed by atoms with E-state index >= 15 is 9.59 Å². The summed E-state index contributed by atoms with van der Waals surface area (Å²) in [5.74, 6) is -2.42. The number of benzene rings is 2. The van der Waals surface area contributed by atoms with Crippen LogP contribution < -0.4 is 0 Å². The minimum Gasteiger partial charge on any atom is -0.459 e. The molecular weight excluding hydrogens is 889 g/mol. The molecule has 66 heavy (non-hydrogen) atoms. The van der Waals surface area contributed by atoms with Crippen molar-refractivity contribution < 1.29 is 38.2 Å². The fourth-order valence-corrected chi connectivity index (χ4v) is 17.0. The smallest absolute Gasteiger partial charge is 0.334 e. The Morgan fingerprint density at radius 2 is 1.02 bits per heavy atom. The van der Waals surface area contributed by atoms with Crippen LogP contribution in [0.3, 0.4) is 0 Å². The van der Waals surface area contributed by atoms with E-state index in [4.69, 9.17) is 19.5 Å². The molecule has 3 heterocycles. The second kappa shape index (κ2) is 16.5. The zero-order valence-corrected chi connectivity index (χ0v) is 38.8. The van der Waals surface area contributed by atoms with Gasteiger partial charge in [0.2, 0.25) is 5.41 Å². The van der Waals surface area contributed by atoms with E-state index in [9.17, 15) is 19.2 Å². The predicted octanol–water partition coefficient (Wildman–Crippen LogP) is 10.7. The van der Waals surface area contributed by atoms with E-state index in [1.165, 1.54) is 46.9 Å². The number of nitrogens with zero attached hydrogens (tertiary/aromatic N) is 2. The molecule has 5 aromatic rings. The summed E-state index contributed by atoms with van der Waals surface area (Å²) in [4.78, 5) is 97.1. The Kier molecular flexibility index (Phi) is 10.5. The van der Waals surface area contributed by atoms with Gasteiger partial charge in [-0.2, -0.15) is 0 Å². The van der Waals surface area contributed by atoms with Crippen LogP contribution in [0.15, 0.2) is 82.4 Å². The summed E-state index contributed by atoms with van der Waals surface area (Å²) < 4.78 is 15.4. The number of fused-ring (bicyclic) bond motifs is 9. The van der Waals surface area contributed by atoms with Gasteiger partial charge in [-0.25, -0.2) is 9.98 Å². The number of carbonyl (C=O) groups is 6. The first-order valence-electron chi connectivity index (χ1n) is 23.6. The zero-order chi connectivity index (χ0) is 44.8. The van der Waals surface area contributed by atoms with E-state index in [1.54, 1.807) is 6.08 Å². The van der Waals surface area contributed by atoms with Gasteiger partial charge in [0.15, 0.2) is 28.8 Å². The van der Waals surface area contributed by atoms with Crippen LogP contribution in [0.5, 0.6) is 0 Å². The van der Waals surface area contributed by atoms with E-state index in [1.807, 2.05) is 66.7 Å². The fourth-order valence-electron chi connectivity index (χ4n) is 12.9. The lowest BCUT2D eigenvalue weighted by atomic mass is 9.64. The molecule has 3 aromatic heterocycles. The van der Waals surface area contributed by atoms with Crippen LogP contribution in [0, 0.1) is 47.3 Å². The molecule has 0 spiro atoms. The normalized spacial score (nSPS) is 28.7. The Labute approximate surface area is 393 Å². The van der Waals surface area contributed by atoms with Crippen molar-refractivity contribution >= 4 is 110 Å². The highest BCUT2D eigenvalue weighted by atomic mass is 32.1. The summed E-state index contributed by atoms with van der Waals surface area (Å²) >= 11 is 4.13. The quantitative estimate of drug-likeness (QED) is 0.110. The van der Waals surface area contributed by atoms with Crippen LogP contribution in [-0.2, 0) is 56.9 Å². The van der Waals surface area contributed by atoms with Gasteiger partial charge in [-0.05, 0) is 72.6 Å². The van der Waals surface area contributed by atoms with E-state index < -0.39 is 29.2 Å². The van der Waals surface area contributed by atoms with Crippen molar-refractivity contribution in [2.75, 3.05) is 0 Å². The number of hydrogen-bond donors (Lipinski definition) is 0. The molecule has 6 fully saturated rings. The number of ketones is 4. The molecule has 10 nitrogen and oxygen atoms in total. The molecule has 7 aliphatic rings. The lowest BCUT2D eigenvalue weighted by Gasteiger charge is -2.39. The molecule has 0 amide bonds. The maximum Gasteiger partial charge on any atom is 0.334 e. The lowest BCUT2D eigenvalue weighted by molar-refractivity contribution is -0.164. The van der Waals surface area contributed by atoms with Gasteiger partial charge in [0.25, 0.3) is 0 Å². The molecule has 0 saturated heterocycles. The van der Waals surface area contributed by atoms with Crippen molar-refractivity contribution in [3.05, 3.63) is 94.0 Å². The Morgan fingerprint density at radius 1 is 0.561 bits per heavy atom. The molecule has 8 atom stereocenters. The average Bonchev–Trinajstić information content (AvgIpc) is 4.16. The first-order chi connectivity index (χ1) is 32.2. The summed E-state index contributed by atoms with van der Waals surface area (Å²) in [6.45, 7) is -0.289. The van der Waals surface area contributed by atoms with Gasteiger partial charge in [-0.1, -0.05) is 112 Å². The van der Waals surface area contributed by atoms with Crippen LogP contribution in [0.2, 0.25) is 0 Å². The van der Waals surface area contributed by atoms with Gasteiger partial charge in [0.1, 0.15) is 23.9 Å². The number of thiophene rings is 3. The Hall–Kier alpha value is -5.24. The van der Waals surface area contributed by atoms with Crippen molar-refractivity contribution in [2.24, 2.45) is 57.3 Å². The third-order valence-corrected chi connectivity index (χ3v) is 19.9. The van der Waals surface area contributed by atoms with Gasteiger partial charge in [-0.15, -0.1) is 34.0 Å². The van der Waals surface area contributed by atoms with Gasteiger partial charge in [-0.3, -0.25) is 28.8 Å². The van der Waals surface area contributed by atoms with Gasteiger partial charge in [0.05, 0.1) is 19.8 Å². The molecule has 0 radical (unpaired) electrons. The van der Waals surface area contributed by atoms with Crippen LogP contribution in [0.25, 0.3) is 24.9 Å². The minimum atomic E-state index is -2.28. The monoisotopic (exact) mass is 936 g/mol. The molecule has 7 aliphatic carbocycles. The lowest BCUT2D eigenvalue weighted by Crippen LogP contribution is -2.46. The number of hydrogen-bond acceptors (Lipinski definition) is 13.